The average Bonchev–Trinajstić information content (AvgIpc) is 3.92. The highest BCUT2D eigenvalue weighted by atomic mass is 32.2. The quantitative estimate of drug-likeness (QED) is 0.125. The van der Waals surface area contributed by atoms with Crippen LogP contribution in [0.5, 0.6) is 0 Å². The Bertz CT molecular complexity index is 2290. The molecule has 3 heterocycles. The number of hydrogen-bond acceptors (Lipinski definition) is 11. The van der Waals surface area contributed by atoms with Crippen LogP contribution in [0.25, 0.3) is 0 Å². The summed E-state index contributed by atoms with van der Waals surface area (Å²) >= 11 is 0. The number of aromatic carboxylic acids is 3. The maximum absolute atomic E-state index is 12.0. The van der Waals surface area contributed by atoms with Crippen LogP contribution in [-0.2, 0) is 62.8 Å². The number of nitrogens with zero attached hydrogens (tertiary/aromatic N) is 1. The third-order valence-electron chi connectivity index (χ3n) is 10.1. The minimum atomic E-state index is -4.13. The predicted molar refractivity (Wildman–Crippen MR) is 207 cm³/mol. The predicted octanol–water partition coefficient (Wildman–Crippen LogP) is 4.97. The lowest BCUT2D eigenvalue weighted by Gasteiger charge is -2.08. The van der Waals surface area contributed by atoms with Gasteiger partial charge in [-0.25, -0.2) is 55.1 Å². The number of furan rings is 2. The normalized spacial score (nSPS) is 15.2. The van der Waals surface area contributed by atoms with E-state index in [4.69, 9.17) is 34.5 Å². The van der Waals surface area contributed by atoms with Crippen molar-refractivity contribution in [2.75, 3.05) is 0 Å². The number of carboxylic acids is 3. The maximum Gasteiger partial charge on any atom is 0.340 e. The van der Waals surface area contributed by atoms with Crippen LogP contribution in [0.15, 0.2) is 23.5 Å². The third kappa shape index (κ3) is 10.7. The fraction of sp³-hybridized carbons (Fsp3) is 0.583. The Morgan fingerprint density at radius 3 is 1.35 bits per heavy atom. The summed E-state index contributed by atoms with van der Waals surface area (Å²) in [5.74, 6) is -2.99. The largest absolute Gasteiger partial charge is 0.478 e. The molecular formula is C36H54N4O14S3. The molecule has 3 aromatic rings. The van der Waals surface area contributed by atoms with E-state index >= 15 is 0 Å². The summed E-state index contributed by atoms with van der Waals surface area (Å²) in [5, 5.41) is 43.3. The molecule has 21 heteroatoms. The molecule has 2 aliphatic rings. The van der Waals surface area contributed by atoms with Crippen molar-refractivity contribution in [1.82, 2.24) is 4.57 Å². The third-order valence-corrected chi connectivity index (χ3v) is 13.1. The fourth-order valence-electron chi connectivity index (χ4n) is 7.79. The molecule has 2 fully saturated rings. The first-order valence-electron chi connectivity index (χ1n) is 18.8. The van der Waals surface area contributed by atoms with Crippen LogP contribution in [0.3, 0.4) is 0 Å². The number of primary sulfonamides is 3. The van der Waals surface area contributed by atoms with Crippen molar-refractivity contribution in [1.29, 1.82) is 0 Å². The van der Waals surface area contributed by atoms with Gasteiger partial charge in [-0.3, -0.25) is 0 Å². The lowest BCUT2D eigenvalue weighted by molar-refractivity contribution is 0.0679. The van der Waals surface area contributed by atoms with Crippen molar-refractivity contribution >= 4 is 48.0 Å². The standard InChI is InChI=1S/C15H21NO5S.C11H17NO5S.C10H16N2O4S/c16-22(19,20)14-11(15(17)18)12(9-5-1-2-6-9)21-13(14)10-7-3-4-8-10;1-3-5-7-9(11(13)14)10(18(12,15)16)8(17-7)6-4-2;1-4-6-8(10(13)14)9(17(11,15)16)7(5-2)12(6)3/h9-10H,1-8H2,(H,17,18)(H2,16,19,20);3-6H2,1-2H3,(H,13,14)(H2,12,15,16);4-5H2,1-3H3,(H,13,14)(H2,11,15,16). The van der Waals surface area contributed by atoms with Gasteiger partial charge in [0, 0.05) is 43.1 Å². The minimum Gasteiger partial charge on any atom is -0.478 e. The monoisotopic (exact) mass is 862 g/mol. The van der Waals surface area contributed by atoms with E-state index in [1.165, 1.54) is 0 Å². The molecule has 18 nitrogen and oxygen atoms in total. The second-order valence-corrected chi connectivity index (χ2v) is 18.6. The maximum atomic E-state index is 12.0. The molecule has 0 atom stereocenters. The molecule has 0 radical (unpaired) electrons. The van der Waals surface area contributed by atoms with Gasteiger partial charge in [0.15, 0.2) is 0 Å². The molecule has 9 N–H and O–H groups in total. The van der Waals surface area contributed by atoms with Gasteiger partial charge >= 0.3 is 17.9 Å². The van der Waals surface area contributed by atoms with E-state index < -0.39 is 48.0 Å². The highest BCUT2D eigenvalue weighted by Gasteiger charge is 2.39. The van der Waals surface area contributed by atoms with Crippen LogP contribution in [0.4, 0.5) is 0 Å². The molecule has 0 aromatic carbocycles. The highest BCUT2D eigenvalue weighted by Crippen LogP contribution is 2.45. The summed E-state index contributed by atoms with van der Waals surface area (Å²) in [6.45, 7) is 7.23. The van der Waals surface area contributed by atoms with E-state index in [1.54, 1.807) is 25.5 Å². The molecule has 2 aliphatic carbocycles. The number of hydrogen-bond donors (Lipinski definition) is 6. The Balaban J connectivity index is 0.000000232. The summed E-state index contributed by atoms with van der Waals surface area (Å²) in [6.07, 6.45) is 10.2. The smallest absolute Gasteiger partial charge is 0.340 e. The zero-order valence-electron chi connectivity index (χ0n) is 32.8. The van der Waals surface area contributed by atoms with Crippen molar-refractivity contribution in [2.45, 2.75) is 144 Å². The zero-order chi connectivity index (χ0) is 43.2. The molecule has 320 valence electrons. The van der Waals surface area contributed by atoms with Gasteiger partial charge < -0.3 is 28.7 Å². The van der Waals surface area contributed by atoms with Crippen molar-refractivity contribution < 1.29 is 63.8 Å². The van der Waals surface area contributed by atoms with E-state index in [2.05, 4.69) is 0 Å². The van der Waals surface area contributed by atoms with Gasteiger partial charge in [0.2, 0.25) is 30.1 Å². The lowest BCUT2D eigenvalue weighted by atomic mass is 10.0. The van der Waals surface area contributed by atoms with Crippen LogP contribution in [0.1, 0.15) is 169 Å². The molecule has 0 aliphatic heterocycles. The summed E-state index contributed by atoms with van der Waals surface area (Å²) < 4.78 is 83.0. The van der Waals surface area contributed by atoms with Gasteiger partial charge in [0.25, 0.3) is 0 Å². The number of nitrogens with two attached hydrogens (primary N) is 3. The Labute approximate surface area is 332 Å². The van der Waals surface area contributed by atoms with E-state index in [-0.39, 0.29) is 60.5 Å². The van der Waals surface area contributed by atoms with Gasteiger partial charge in [0.05, 0.1) is 0 Å². The SMILES string of the molecule is CCCc1oc(CCC)c(S(N)(=O)=O)c1C(=O)O.CCc1c(C(=O)O)c(S(N)(=O)=O)c(CC)n1C.NS(=O)(=O)c1c(C2CCCC2)oc(C2CCCC2)c1C(=O)O. The van der Waals surface area contributed by atoms with Crippen molar-refractivity contribution in [3.8, 4) is 0 Å². The Morgan fingerprint density at radius 1 is 0.579 bits per heavy atom. The summed E-state index contributed by atoms with van der Waals surface area (Å²) in [7, 11) is -10.6. The summed E-state index contributed by atoms with van der Waals surface area (Å²) in [4.78, 5) is 33.2. The van der Waals surface area contributed by atoms with Crippen LogP contribution in [0, 0.1) is 0 Å². The number of carboxylic acid groups (broad SMARTS) is 3. The number of carbonyl (C=O) groups is 3. The first-order chi connectivity index (χ1) is 26.5. The fourth-order valence-corrected chi connectivity index (χ4v) is 10.8. The molecule has 3 aromatic heterocycles. The molecule has 0 amide bonds. The average molecular weight is 863 g/mol. The van der Waals surface area contributed by atoms with Gasteiger partial charge in [-0.05, 0) is 51.4 Å². The van der Waals surface area contributed by atoms with Crippen LogP contribution >= 0.6 is 0 Å². The van der Waals surface area contributed by atoms with E-state index in [0.717, 1.165) is 51.4 Å². The molecule has 0 unspecified atom stereocenters. The number of rotatable bonds is 14. The van der Waals surface area contributed by atoms with E-state index in [0.29, 0.717) is 55.7 Å². The van der Waals surface area contributed by atoms with Gasteiger partial charge in [0.1, 0.15) is 54.4 Å². The molecule has 57 heavy (non-hydrogen) atoms. The number of sulfonamides is 3. The van der Waals surface area contributed by atoms with Gasteiger partial charge in [-0.2, -0.15) is 0 Å². The first kappa shape index (κ1) is 47.4. The van der Waals surface area contributed by atoms with Crippen molar-refractivity contribution in [3.63, 3.8) is 0 Å². The molecular weight excluding hydrogens is 809 g/mol. The molecule has 5 rings (SSSR count). The highest BCUT2D eigenvalue weighted by molar-refractivity contribution is 7.89. The number of aryl methyl sites for hydroxylation is 2. The molecule has 0 bridgehead atoms. The Morgan fingerprint density at radius 2 is 0.982 bits per heavy atom. The molecule has 0 saturated heterocycles. The van der Waals surface area contributed by atoms with E-state index in [9.17, 15) is 44.7 Å². The molecule has 2 saturated carbocycles. The zero-order valence-corrected chi connectivity index (χ0v) is 35.2. The van der Waals surface area contributed by atoms with Crippen LogP contribution in [0.2, 0.25) is 0 Å². The van der Waals surface area contributed by atoms with Crippen molar-refractivity contribution in [2.24, 2.45) is 22.5 Å². The second kappa shape index (κ2) is 19.2. The van der Waals surface area contributed by atoms with Gasteiger partial charge in [-0.15, -0.1) is 0 Å². The minimum absolute atomic E-state index is 0.0123. The van der Waals surface area contributed by atoms with Crippen molar-refractivity contribution in [3.05, 3.63) is 51.1 Å². The van der Waals surface area contributed by atoms with Crippen LogP contribution < -0.4 is 15.4 Å². The topological polar surface area (TPSA) is 324 Å². The second-order valence-electron chi connectivity index (χ2n) is 14.1. The molecule has 0 spiro atoms. The van der Waals surface area contributed by atoms with E-state index in [1.807, 2.05) is 13.8 Å². The first-order valence-corrected chi connectivity index (χ1v) is 23.4. The van der Waals surface area contributed by atoms with Gasteiger partial charge in [-0.1, -0.05) is 53.4 Å². The Kier molecular flexibility index (Phi) is 15.9. The summed E-state index contributed by atoms with van der Waals surface area (Å²) in [6, 6.07) is 0. The Hall–Kier alpha value is -4.02. The lowest BCUT2D eigenvalue weighted by Crippen LogP contribution is -2.18. The van der Waals surface area contributed by atoms with Crippen LogP contribution in [-0.4, -0.2) is 63.0 Å². The number of aromatic nitrogens is 1. The summed E-state index contributed by atoms with van der Waals surface area (Å²) in [5.41, 5.74) is 0.161.